The maximum absolute atomic E-state index is 12.1. The summed E-state index contributed by atoms with van der Waals surface area (Å²) in [6.45, 7) is 5.24. The van der Waals surface area contributed by atoms with E-state index in [2.05, 4.69) is 10.2 Å². The van der Waals surface area contributed by atoms with Crippen LogP contribution in [0.1, 0.15) is 12.0 Å². The molecule has 5 nitrogen and oxygen atoms in total. The van der Waals surface area contributed by atoms with Crippen LogP contribution in [0.2, 0.25) is 0 Å². The molecule has 0 fully saturated rings. The first-order valence-electron chi connectivity index (χ1n) is 7.22. The molecule has 0 bridgehead atoms. The Labute approximate surface area is 127 Å². The maximum Gasteiger partial charge on any atom is 0.238 e. The van der Waals surface area contributed by atoms with Gasteiger partial charge in [0.15, 0.2) is 0 Å². The molecule has 1 aromatic carbocycles. The maximum atomic E-state index is 12.1. The molecule has 21 heavy (non-hydrogen) atoms. The number of methoxy groups -OCH3 is 2. The molecule has 0 spiro atoms. The Hall–Kier alpha value is -1.43. The largest absolute Gasteiger partial charge is 0.385 e. The highest BCUT2D eigenvalue weighted by molar-refractivity contribution is 5.92. The number of ether oxygens (including phenoxy) is 2. The van der Waals surface area contributed by atoms with Crippen molar-refractivity contribution in [3.63, 3.8) is 0 Å². The van der Waals surface area contributed by atoms with Gasteiger partial charge in [0.2, 0.25) is 5.91 Å². The van der Waals surface area contributed by atoms with E-state index >= 15 is 0 Å². The second-order valence-electron chi connectivity index (χ2n) is 5.03. The number of hydrogen-bond acceptors (Lipinski definition) is 4. The Morgan fingerprint density at radius 3 is 2.62 bits per heavy atom. The van der Waals surface area contributed by atoms with Crippen molar-refractivity contribution in [2.24, 2.45) is 0 Å². The van der Waals surface area contributed by atoms with Crippen LogP contribution in [-0.2, 0) is 14.3 Å². The number of aryl methyl sites for hydroxylation is 1. The Kier molecular flexibility index (Phi) is 8.66. The number of amides is 1. The van der Waals surface area contributed by atoms with Crippen LogP contribution in [0.15, 0.2) is 24.3 Å². The molecule has 1 aromatic rings. The van der Waals surface area contributed by atoms with E-state index in [4.69, 9.17) is 9.47 Å². The third-order valence-corrected chi connectivity index (χ3v) is 3.10. The van der Waals surface area contributed by atoms with Gasteiger partial charge in [-0.1, -0.05) is 12.1 Å². The van der Waals surface area contributed by atoms with Gasteiger partial charge >= 0.3 is 0 Å². The molecule has 0 radical (unpaired) electrons. The SMILES string of the molecule is COCCCN(CCOC)CC(=O)Nc1cccc(C)c1. The van der Waals surface area contributed by atoms with Crippen molar-refractivity contribution in [3.8, 4) is 0 Å². The van der Waals surface area contributed by atoms with Crippen LogP contribution in [0.25, 0.3) is 0 Å². The number of anilines is 1. The predicted molar refractivity (Wildman–Crippen MR) is 84.6 cm³/mol. The van der Waals surface area contributed by atoms with Gasteiger partial charge in [-0.15, -0.1) is 0 Å². The van der Waals surface area contributed by atoms with Crippen molar-refractivity contribution >= 4 is 11.6 Å². The normalized spacial score (nSPS) is 10.9. The van der Waals surface area contributed by atoms with Crippen molar-refractivity contribution in [3.05, 3.63) is 29.8 Å². The molecule has 0 atom stereocenters. The molecule has 0 aliphatic rings. The van der Waals surface area contributed by atoms with Gasteiger partial charge in [0.25, 0.3) is 0 Å². The predicted octanol–water partition coefficient (Wildman–Crippen LogP) is 1.92. The van der Waals surface area contributed by atoms with E-state index in [-0.39, 0.29) is 5.91 Å². The molecule has 1 N–H and O–H groups in total. The summed E-state index contributed by atoms with van der Waals surface area (Å²) in [4.78, 5) is 14.2. The number of nitrogens with zero attached hydrogens (tertiary/aromatic N) is 1. The molecule has 0 aromatic heterocycles. The lowest BCUT2D eigenvalue weighted by Gasteiger charge is -2.21. The summed E-state index contributed by atoms with van der Waals surface area (Å²) in [7, 11) is 3.35. The fourth-order valence-electron chi connectivity index (χ4n) is 2.05. The monoisotopic (exact) mass is 294 g/mol. The van der Waals surface area contributed by atoms with Gasteiger partial charge in [0, 0.05) is 39.6 Å². The first kappa shape index (κ1) is 17.6. The summed E-state index contributed by atoms with van der Waals surface area (Å²) in [6, 6.07) is 7.80. The van der Waals surface area contributed by atoms with E-state index in [1.807, 2.05) is 31.2 Å². The fraction of sp³-hybridized carbons (Fsp3) is 0.562. The zero-order valence-electron chi connectivity index (χ0n) is 13.2. The zero-order valence-corrected chi connectivity index (χ0v) is 13.2. The van der Waals surface area contributed by atoms with Crippen molar-refractivity contribution in [1.82, 2.24) is 4.90 Å². The van der Waals surface area contributed by atoms with Gasteiger partial charge in [-0.25, -0.2) is 0 Å². The summed E-state index contributed by atoms with van der Waals surface area (Å²) in [5, 5.41) is 2.93. The van der Waals surface area contributed by atoms with Gasteiger partial charge < -0.3 is 14.8 Å². The fourth-order valence-corrected chi connectivity index (χ4v) is 2.05. The first-order valence-corrected chi connectivity index (χ1v) is 7.22. The quantitative estimate of drug-likeness (QED) is 0.670. The third kappa shape index (κ3) is 7.80. The second kappa shape index (κ2) is 10.3. The summed E-state index contributed by atoms with van der Waals surface area (Å²) < 4.78 is 10.1. The van der Waals surface area contributed by atoms with E-state index in [0.717, 1.165) is 30.8 Å². The molecule has 0 aliphatic heterocycles. The minimum atomic E-state index is -0.00544. The molecule has 0 aliphatic carbocycles. The standard InChI is InChI=1S/C16H26N2O3/c1-14-6-4-7-15(12-14)17-16(19)13-18(9-11-21-3)8-5-10-20-2/h4,6-7,12H,5,8-11,13H2,1-3H3,(H,17,19). The molecule has 0 heterocycles. The van der Waals surface area contributed by atoms with Gasteiger partial charge in [0.1, 0.15) is 0 Å². The molecule has 0 saturated heterocycles. The second-order valence-corrected chi connectivity index (χ2v) is 5.03. The number of nitrogens with one attached hydrogen (secondary N) is 1. The molecule has 1 amide bonds. The van der Waals surface area contributed by atoms with Crippen molar-refractivity contribution < 1.29 is 14.3 Å². The minimum Gasteiger partial charge on any atom is -0.385 e. The van der Waals surface area contributed by atoms with Crippen molar-refractivity contribution in [2.45, 2.75) is 13.3 Å². The van der Waals surface area contributed by atoms with Crippen LogP contribution < -0.4 is 5.32 Å². The van der Waals surface area contributed by atoms with Crippen molar-refractivity contribution in [2.75, 3.05) is 52.4 Å². The van der Waals surface area contributed by atoms with E-state index in [9.17, 15) is 4.79 Å². The highest BCUT2D eigenvalue weighted by Crippen LogP contribution is 2.09. The lowest BCUT2D eigenvalue weighted by Crippen LogP contribution is -2.36. The van der Waals surface area contributed by atoms with Gasteiger partial charge in [0.05, 0.1) is 13.2 Å². The number of hydrogen-bond donors (Lipinski definition) is 1. The number of rotatable bonds is 10. The third-order valence-electron chi connectivity index (χ3n) is 3.10. The van der Waals surface area contributed by atoms with E-state index in [1.165, 1.54) is 0 Å². The average Bonchev–Trinajstić information content (AvgIpc) is 2.44. The summed E-state index contributed by atoms with van der Waals surface area (Å²) >= 11 is 0. The van der Waals surface area contributed by atoms with Crippen LogP contribution >= 0.6 is 0 Å². The smallest absolute Gasteiger partial charge is 0.238 e. The molecular formula is C16H26N2O3. The number of benzene rings is 1. The van der Waals surface area contributed by atoms with Gasteiger partial charge in [-0.2, -0.15) is 0 Å². The Balaban J connectivity index is 2.45. The molecule has 5 heteroatoms. The van der Waals surface area contributed by atoms with E-state index in [1.54, 1.807) is 14.2 Å². The van der Waals surface area contributed by atoms with Crippen LogP contribution in [0, 0.1) is 6.92 Å². The summed E-state index contributed by atoms with van der Waals surface area (Å²) in [6.07, 6.45) is 0.901. The Morgan fingerprint density at radius 1 is 1.19 bits per heavy atom. The molecule has 118 valence electrons. The van der Waals surface area contributed by atoms with Crippen molar-refractivity contribution in [1.29, 1.82) is 0 Å². The van der Waals surface area contributed by atoms with Crippen LogP contribution in [-0.4, -0.2) is 57.9 Å². The summed E-state index contributed by atoms with van der Waals surface area (Å²) in [5.41, 5.74) is 1.97. The number of carbonyl (C=O) groups is 1. The average molecular weight is 294 g/mol. The zero-order chi connectivity index (χ0) is 15.5. The minimum absolute atomic E-state index is 0.00544. The first-order chi connectivity index (χ1) is 10.2. The highest BCUT2D eigenvalue weighted by atomic mass is 16.5. The lowest BCUT2D eigenvalue weighted by atomic mass is 10.2. The van der Waals surface area contributed by atoms with E-state index in [0.29, 0.717) is 19.8 Å². The Morgan fingerprint density at radius 2 is 1.95 bits per heavy atom. The molecule has 0 saturated carbocycles. The molecular weight excluding hydrogens is 268 g/mol. The highest BCUT2D eigenvalue weighted by Gasteiger charge is 2.10. The number of carbonyl (C=O) groups excluding carboxylic acids is 1. The molecule has 1 rings (SSSR count). The van der Waals surface area contributed by atoms with E-state index < -0.39 is 0 Å². The lowest BCUT2D eigenvalue weighted by molar-refractivity contribution is -0.117. The van der Waals surface area contributed by atoms with Crippen LogP contribution in [0.3, 0.4) is 0 Å². The van der Waals surface area contributed by atoms with Crippen LogP contribution in [0.5, 0.6) is 0 Å². The summed E-state index contributed by atoms with van der Waals surface area (Å²) in [5.74, 6) is -0.00544. The topological polar surface area (TPSA) is 50.8 Å². The Bertz CT molecular complexity index is 424. The van der Waals surface area contributed by atoms with Crippen LogP contribution in [0.4, 0.5) is 5.69 Å². The van der Waals surface area contributed by atoms with Gasteiger partial charge in [-0.3, -0.25) is 9.69 Å². The molecule has 0 unspecified atom stereocenters. The van der Waals surface area contributed by atoms with Gasteiger partial charge in [-0.05, 0) is 31.0 Å².